The summed E-state index contributed by atoms with van der Waals surface area (Å²) in [7, 11) is 3.41. The van der Waals surface area contributed by atoms with Crippen LogP contribution >= 0.6 is 0 Å². The van der Waals surface area contributed by atoms with Gasteiger partial charge in [-0.15, -0.1) is 0 Å². The Labute approximate surface area is 119 Å². The van der Waals surface area contributed by atoms with E-state index in [9.17, 15) is 14.3 Å². The quantitative estimate of drug-likeness (QED) is 0.871. The lowest BCUT2D eigenvalue weighted by Crippen LogP contribution is -2.38. The number of hydrogen-bond donors (Lipinski definition) is 1. The summed E-state index contributed by atoms with van der Waals surface area (Å²) in [6, 6.07) is 3.91. The number of likely N-dealkylation sites (N-methyl/N-ethyl adjacent to an activating group) is 1. The molecule has 0 saturated heterocycles. The van der Waals surface area contributed by atoms with Crippen LogP contribution < -0.4 is 0 Å². The zero-order chi connectivity index (χ0) is 15.3. The van der Waals surface area contributed by atoms with Crippen molar-refractivity contribution in [3.05, 3.63) is 29.6 Å². The zero-order valence-corrected chi connectivity index (χ0v) is 12.6. The monoisotopic (exact) mass is 282 g/mol. The van der Waals surface area contributed by atoms with Crippen LogP contribution in [0.1, 0.15) is 31.9 Å². The van der Waals surface area contributed by atoms with Gasteiger partial charge in [0.15, 0.2) is 0 Å². The second kappa shape index (κ2) is 7.24. The van der Waals surface area contributed by atoms with E-state index in [2.05, 4.69) is 0 Å². The smallest absolute Gasteiger partial charge is 0.236 e. The first-order valence-corrected chi connectivity index (χ1v) is 6.79. The molecule has 1 rings (SSSR count). The van der Waals surface area contributed by atoms with Gasteiger partial charge in [0.25, 0.3) is 0 Å². The van der Waals surface area contributed by atoms with Gasteiger partial charge in [0.1, 0.15) is 11.6 Å². The van der Waals surface area contributed by atoms with Crippen LogP contribution in [0.15, 0.2) is 18.2 Å². The Balaban J connectivity index is 2.92. The third-order valence-corrected chi connectivity index (χ3v) is 3.33. The minimum atomic E-state index is -0.448. The van der Waals surface area contributed by atoms with Crippen molar-refractivity contribution in [1.82, 2.24) is 9.80 Å². The van der Waals surface area contributed by atoms with E-state index in [-0.39, 0.29) is 24.2 Å². The Hall–Kier alpha value is -1.62. The van der Waals surface area contributed by atoms with E-state index < -0.39 is 5.82 Å². The molecular weight excluding hydrogens is 259 g/mol. The van der Waals surface area contributed by atoms with Crippen molar-refractivity contribution < 1.29 is 14.3 Å². The van der Waals surface area contributed by atoms with Crippen LogP contribution in [0.3, 0.4) is 0 Å². The van der Waals surface area contributed by atoms with Gasteiger partial charge in [-0.3, -0.25) is 9.69 Å². The van der Waals surface area contributed by atoms with E-state index in [0.717, 1.165) is 12.5 Å². The molecule has 0 radical (unpaired) electrons. The van der Waals surface area contributed by atoms with Crippen LogP contribution in [0.2, 0.25) is 0 Å². The first-order valence-electron chi connectivity index (χ1n) is 6.79. The summed E-state index contributed by atoms with van der Waals surface area (Å²) in [5.41, 5.74) is 0.489. The van der Waals surface area contributed by atoms with Crippen molar-refractivity contribution in [3.63, 3.8) is 0 Å². The summed E-state index contributed by atoms with van der Waals surface area (Å²) < 4.78 is 13.9. The molecule has 20 heavy (non-hydrogen) atoms. The van der Waals surface area contributed by atoms with Crippen molar-refractivity contribution in [2.45, 2.75) is 26.3 Å². The molecule has 1 unspecified atom stereocenters. The Bertz CT molecular complexity index is 463. The first-order chi connectivity index (χ1) is 9.36. The third kappa shape index (κ3) is 4.20. The van der Waals surface area contributed by atoms with Crippen LogP contribution in [-0.4, -0.2) is 48.0 Å². The second-order valence-corrected chi connectivity index (χ2v) is 5.14. The van der Waals surface area contributed by atoms with Crippen LogP contribution in [0.4, 0.5) is 4.39 Å². The van der Waals surface area contributed by atoms with Crippen molar-refractivity contribution >= 4 is 5.91 Å². The molecule has 1 aromatic rings. The van der Waals surface area contributed by atoms with E-state index in [1.54, 1.807) is 20.2 Å². The SMILES string of the molecule is CCCN(CC(=O)N(C)C)C(C)c1ccc(O)cc1F. The van der Waals surface area contributed by atoms with Gasteiger partial charge in [0.05, 0.1) is 6.54 Å². The van der Waals surface area contributed by atoms with Gasteiger partial charge in [-0.1, -0.05) is 13.0 Å². The number of halogens is 1. The predicted octanol–water partition coefficient (Wildman–Crippen LogP) is 2.39. The molecule has 0 fully saturated rings. The molecule has 0 aliphatic rings. The molecule has 0 bridgehead atoms. The summed E-state index contributed by atoms with van der Waals surface area (Å²) in [6.07, 6.45) is 0.880. The number of carbonyl (C=O) groups is 1. The van der Waals surface area contributed by atoms with Gasteiger partial charge in [-0.25, -0.2) is 4.39 Å². The van der Waals surface area contributed by atoms with Crippen LogP contribution in [0, 0.1) is 5.82 Å². The number of amides is 1. The van der Waals surface area contributed by atoms with E-state index >= 15 is 0 Å². The highest BCUT2D eigenvalue weighted by Crippen LogP contribution is 2.25. The Morgan fingerprint density at radius 2 is 2.05 bits per heavy atom. The highest BCUT2D eigenvalue weighted by Gasteiger charge is 2.21. The summed E-state index contributed by atoms with van der Waals surface area (Å²) >= 11 is 0. The number of nitrogens with zero attached hydrogens (tertiary/aromatic N) is 2. The molecule has 0 aliphatic carbocycles. The fraction of sp³-hybridized carbons (Fsp3) is 0.533. The van der Waals surface area contributed by atoms with Crippen LogP contribution in [0.5, 0.6) is 5.75 Å². The maximum atomic E-state index is 13.9. The number of carbonyl (C=O) groups excluding carboxylic acids is 1. The van der Waals surface area contributed by atoms with E-state index in [1.807, 2.05) is 18.7 Å². The van der Waals surface area contributed by atoms with Crippen molar-refractivity contribution in [2.75, 3.05) is 27.2 Å². The Morgan fingerprint density at radius 1 is 1.40 bits per heavy atom. The summed E-state index contributed by atoms with van der Waals surface area (Å²) in [6.45, 7) is 4.85. The molecular formula is C15H23FN2O2. The van der Waals surface area contributed by atoms with Crippen LogP contribution in [0.25, 0.3) is 0 Å². The molecule has 5 heteroatoms. The lowest BCUT2D eigenvalue weighted by atomic mass is 10.1. The minimum Gasteiger partial charge on any atom is -0.508 e. The van der Waals surface area contributed by atoms with Crippen molar-refractivity contribution in [1.29, 1.82) is 0 Å². The normalized spacial score (nSPS) is 12.5. The highest BCUT2D eigenvalue weighted by atomic mass is 19.1. The van der Waals surface area contributed by atoms with Gasteiger partial charge >= 0.3 is 0 Å². The summed E-state index contributed by atoms with van der Waals surface area (Å²) in [5.74, 6) is -0.551. The number of hydrogen-bond acceptors (Lipinski definition) is 3. The average Bonchev–Trinajstić information content (AvgIpc) is 2.37. The lowest BCUT2D eigenvalue weighted by molar-refractivity contribution is -0.130. The number of aromatic hydroxyl groups is 1. The van der Waals surface area contributed by atoms with E-state index in [1.165, 1.54) is 11.0 Å². The summed E-state index contributed by atoms with van der Waals surface area (Å²) in [5, 5.41) is 9.27. The van der Waals surface area contributed by atoms with E-state index in [0.29, 0.717) is 12.1 Å². The Kier molecular flexibility index (Phi) is 5.95. The molecule has 112 valence electrons. The standard InChI is InChI=1S/C15H23FN2O2/c1-5-8-18(10-15(20)17(3)4)11(2)13-7-6-12(19)9-14(13)16/h6-7,9,11,19H,5,8,10H2,1-4H3. The molecule has 1 amide bonds. The maximum Gasteiger partial charge on any atom is 0.236 e. The zero-order valence-electron chi connectivity index (χ0n) is 12.6. The number of phenols is 1. The second-order valence-electron chi connectivity index (χ2n) is 5.14. The average molecular weight is 282 g/mol. The van der Waals surface area contributed by atoms with Gasteiger partial charge in [0, 0.05) is 31.8 Å². The number of rotatable bonds is 6. The topological polar surface area (TPSA) is 43.8 Å². The molecule has 4 nitrogen and oxygen atoms in total. The highest BCUT2D eigenvalue weighted by molar-refractivity contribution is 5.77. The number of phenolic OH excluding ortho intramolecular Hbond substituents is 1. The van der Waals surface area contributed by atoms with Crippen molar-refractivity contribution in [3.8, 4) is 5.75 Å². The van der Waals surface area contributed by atoms with Gasteiger partial charge in [-0.05, 0) is 26.0 Å². The third-order valence-electron chi connectivity index (χ3n) is 3.33. The lowest BCUT2D eigenvalue weighted by Gasteiger charge is -2.29. The minimum absolute atomic E-state index is 0.00973. The van der Waals surface area contributed by atoms with Crippen LogP contribution in [-0.2, 0) is 4.79 Å². The molecule has 0 aliphatic heterocycles. The van der Waals surface area contributed by atoms with Crippen molar-refractivity contribution in [2.24, 2.45) is 0 Å². The molecule has 1 N–H and O–H groups in total. The number of benzene rings is 1. The van der Waals surface area contributed by atoms with Gasteiger partial charge < -0.3 is 10.0 Å². The molecule has 1 atom stereocenters. The first kappa shape index (κ1) is 16.4. The predicted molar refractivity (Wildman–Crippen MR) is 77.0 cm³/mol. The molecule has 0 heterocycles. The summed E-state index contributed by atoms with van der Waals surface area (Å²) in [4.78, 5) is 15.3. The largest absolute Gasteiger partial charge is 0.508 e. The molecule has 0 saturated carbocycles. The Morgan fingerprint density at radius 3 is 2.55 bits per heavy atom. The molecule has 1 aromatic carbocycles. The van der Waals surface area contributed by atoms with Gasteiger partial charge in [0.2, 0.25) is 5.91 Å². The molecule has 0 spiro atoms. The maximum absolute atomic E-state index is 13.9. The fourth-order valence-corrected chi connectivity index (χ4v) is 2.06. The molecule has 0 aromatic heterocycles. The fourth-order valence-electron chi connectivity index (χ4n) is 2.06. The van der Waals surface area contributed by atoms with E-state index in [4.69, 9.17) is 0 Å². The van der Waals surface area contributed by atoms with Gasteiger partial charge in [-0.2, -0.15) is 0 Å².